The summed E-state index contributed by atoms with van der Waals surface area (Å²) in [5.74, 6) is -4.49. The molecule has 5 rings (SSSR count). The Balaban J connectivity index is 1.16. The largest absolute Gasteiger partial charge is 0.496 e. The summed E-state index contributed by atoms with van der Waals surface area (Å²) in [6.45, 7) is 2.00. The fraction of sp³-hybridized carbons (Fsp3) is 0.517. The average molecular weight is 562 g/mol. The number of piperidine rings is 1. The maximum atomic E-state index is 15.0. The maximum Gasteiger partial charge on any atom is 0.318 e. The number of amides is 2. The number of nitrogens with zero attached hydrogens (tertiary/aromatic N) is 3. The van der Waals surface area contributed by atoms with Crippen molar-refractivity contribution in [3.63, 3.8) is 0 Å². The fourth-order valence-electron chi connectivity index (χ4n) is 6.37. The zero-order chi connectivity index (χ0) is 28.3. The summed E-state index contributed by atoms with van der Waals surface area (Å²) in [7, 11) is 6.14. The summed E-state index contributed by atoms with van der Waals surface area (Å²) in [6.07, 6.45) is 3.71. The Morgan fingerprint density at radius 1 is 1.15 bits per heavy atom. The molecule has 1 saturated heterocycles. The first-order chi connectivity index (χ1) is 18.4. The topological polar surface area (TPSA) is 73.3 Å². The molecule has 1 N–H and O–H groups in total. The molecule has 7 nitrogen and oxygen atoms in total. The van der Waals surface area contributed by atoms with Gasteiger partial charge in [-0.25, -0.2) is 0 Å². The Labute approximate surface area is 232 Å². The van der Waals surface area contributed by atoms with Crippen LogP contribution in [0.2, 0.25) is 5.02 Å². The van der Waals surface area contributed by atoms with Gasteiger partial charge in [-0.1, -0.05) is 23.7 Å². The number of fused-ring (bicyclic) bond motifs is 1. The van der Waals surface area contributed by atoms with Crippen molar-refractivity contribution in [1.82, 2.24) is 9.80 Å². The van der Waals surface area contributed by atoms with Crippen LogP contribution in [0.5, 0.6) is 5.75 Å². The molecule has 1 heterocycles. The van der Waals surface area contributed by atoms with E-state index in [-0.39, 0.29) is 22.6 Å². The van der Waals surface area contributed by atoms with Crippen molar-refractivity contribution in [3.05, 3.63) is 58.1 Å². The molecular weight excluding hydrogens is 528 g/mol. The van der Waals surface area contributed by atoms with Gasteiger partial charge in [0, 0.05) is 52.0 Å². The third-order valence-electron chi connectivity index (χ3n) is 8.95. The Bertz CT molecular complexity index is 1310. The highest BCUT2D eigenvalue weighted by molar-refractivity contribution is 6.34. The van der Waals surface area contributed by atoms with Gasteiger partial charge in [-0.2, -0.15) is 8.78 Å². The molecule has 1 saturated carbocycles. The molecular formula is C29H34ClF2N3O4. The molecule has 2 aliphatic carbocycles. The standard InChI is InChI=1S/C29H34ClF2N3O4/c1-33(2)25(36)20-9-8-19(16-22(20)30)35-14-11-27(12-15-35)17-18(27)10-13-34(3)26(37)28(38)21-6-5-7-23(39-4)24(21)29(28,31)32/h5-9,16,18,38H,10-15,17H2,1-4H3/t18-,28+/m0/s1. The van der Waals surface area contributed by atoms with Gasteiger partial charge in [-0.15, -0.1) is 0 Å². The minimum atomic E-state index is -3.73. The number of benzene rings is 2. The molecule has 210 valence electrons. The molecule has 0 unspecified atom stereocenters. The second-order valence-corrected chi connectivity index (χ2v) is 11.7. The molecule has 2 atom stereocenters. The second-order valence-electron chi connectivity index (χ2n) is 11.3. The van der Waals surface area contributed by atoms with Crippen molar-refractivity contribution in [2.45, 2.75) is 37.2 Å². The SMILES string of the molecule is COc1cccc2c1C(F)(F)[C@]2(O)C(=O)N(C)CC[C@H]1CC12CCN(c1ccc(C(=O)N(C)C)c(Cl)c1)CC2. The van der Waals surface area contributed by atoms with Gasteiger partial charge in [-0.3, -0.25) is 9.59 Å². The van der Waals surface area contributed by atoms with Crippen LogP contribution in [0.4, 0.5) is 14.5 Å². The average Bonchev–Trinajstić information content (AvgIpc) is 3.60. The van der Waals surface area contributed by atoms with Gasteiger partial charge in [0.1, 0.15) is 5.75 Å². The van der Waals surface area contributed by atoms with Gasteiger partial charge < -0.3 is 24.5 Å². The summed E-state index contributed by atoms with van der Waals surface area (Å²) >= 11 is 6.41. The van der Waals surface area contributed by atoms with Gasteiger partial charge >= 0.3 is 5.92 Å². The molecule has 1 spiro atoms. The minimum absolute atomic E-state index is 0.0378. The number of ether oxygens (including phenoxy) is 1. The lowest BCUT2D eigenvalue weighted by atomic mass is 9.68. The summed E-state index contributed by atoms with van der Waals surface area (Å²) in [6, 6.07) is 9.79. The predicted molar refractivity (Wildman–Crippen MR) is 144 cm³/mol. The highest BCUT2D eigenvalue weighted by Crippen LogP contribution is 2.62. The molecule has 0 aromatic heterocycles. The first kappa shape index (κ1) is 27.6. The number of halogens is 3. The lowest BCUT2D eigenvalue weighted by Crippen LogP contribution is -2.62. The van der Waals surface area contributed by atoms with E-state index in [1.54, 1.807) is 20.2 Å². The molecule has 10 heteroatoms. The monoisotopic (exact) mass is 561 g/mol. The van der Waals surface area contributed by atoms with Gasteiger partial charge in [0.25, 0.3) is 11.8 Å². The number of alkyl halides is 2. The van der Waals surface area contributed by atoms with Crippen LogP contribution >= 0.6 is 11.6 Å². The molecule has 0 radical (unpaired) electrons. The van der Waals surface area contributed by atoms with E-state index in [9.17, 15) is 14.7 Å². The lowest BCUT2D eigenvalue weighted by Gasteiger charge is -2.47. The van der Waals surface area contributed by atoms with Crippen molar-refractivity contribution in [3.8, 4) is 5.75 Å². The molecule has 0 bridgehead atoms. The molecule has 1 aliphatic heterocycles. The van der Waals surface area contributed by atoms with Crippen LogP contribution in [0.3, 0.4) is 0 Å². The number of carbonyl (C=O) groups excluding carboxylic acids is 2. The van der Waals surface area contributed by atoms with Crippen molar-refractivity contribution in [2.24, 2.45) is 11.3 Å². The smallest absolute Gasteiger partial charge is 0.318 e. The van der Waals surface area contributed by atoms with Crippen molar-refractivity contribution in [2.75, 3.05) is 52.8 Å². The van der Waals surface area contributed by atoms with Crippen LogP contribution in [0.15, 0.2) is 36.4 Å². The fourth-order valence-corrected chi connectivity index (χ4v) is 6.62. The number of anilines is 1. The molecule has 2 aromatic carbocycles. The Morgan fingerprint density at radius 2 is 1.85 bits per heavy atom. The highest BCUT2D eigenvalue weighted by Gasteiger charge is 2.72. The number of rotatable bonds is 7. The molecule has 3 aliphatic rings. The Morgan fingerprint density at radius 3 is 2.46 bits per heavy atom. The zero-order valence-corrected chi connectivity index (χ0v) is 23.4. The first-order valence-corrected chi connectivity index (χ1v) is 13.5. The normalized spacial score (nSPS) is 24.0. The van der Waals surface area contributed by atoms with Gasteiger partial charge in [0.05, 0.1) is 23.3 Å². The lowest BCUT2D eigenvalue weighted by molar-refractivity contribution is -0.230. The first-order valence-electron chi connectivity index (χ1n) is 13.2. The highest BCUT2D eigenvalue weighted by atomic mass is 35.5. The quantitative estimate of drug-likeness (QED) is 0.539. The van der Waals surface area contributed by atoms with E-state index in [2.05, 4.69) is 4.90 Å². The zero-order valence-electron chi connectivity index (χ0n) is 22.6. The molecule has 2 amide bonds. The second kappa shape index (κ2) is 9.63. The van der Waals surface area contributed by atoms with Crippen LogP contribution < -0.4 is 9.64 Å². The van der Waals surface area contributed by atoms with Crippen LogP contribution in [-0.2, 0) is 16.3 Å². The van der Waals surface area contributed by atoms with Crippen molar-refractivity contribution >= 4 is 29.1 Å². The summed E-state index contributed by atoms with van der Waals surface area (Å²) in [5.41, 5.74) is -1.75. The van der Waals surface area contributed by atoms with Gasteiger partial charge in [0.15, 0.2) is 0 Å². The third kappa shape index (κ3) is 4.25. The van der Waals surface area contributed by atoms with E-state index in [0.717, 1.165) is 38.0 Å². The summed E-state index contributed by atoms with van der Waals surface area (Å²) in [5, 5.41) is 11.3. The van der Waals surface area contributed by atoms with Crippen molar-refractivity contribution < 1.29 is 28.2 Å². The third-order valence-corrected chi connectivity index (χ3v) is 9.26. The van der Waals surface area contributed by atoms with E-state index in [0.29, 0.717) is 29.5 Å². The van der Waals surface area contributed by atoms with Crippen LogP contribution in [0, 0.1) is 11.3 Å². The van der Waals surface area contributed by atoms with Crippen LogP contribution in [0.1, 0.15) is 47.2 Å². The van der Waals surface area contributed by atoms with Crippen LogP contribution in [-0.4, -0.2) is 74.6 Å². The molecule has 2 fully saturated rings. The van der Waals surface area contributed by atoms with E-state index in [4.69, 9.17) is 16.3 Å². The van der Waals surface area contributed by atoms with E-state index in [1.807, 2.05) is 12.1 Å². The summed E-state index contributed by atoms with van der Waals surface area (Å²) in [4.78, 5) is 30.3. The number of carbonyl (C=O) groups is 2. The number of hydrogen-bond donors (Lipinski definition) is 1. The minimum Gasteiger partial charge on any atom is -0.496 e. The Kier molecular flexibility index (Phi) is 6.82. The van der Waals surface area contributed by atoms with Crippen molar-refractivity contribution in [1.29, 1.82) is 0 Å². The van der Waals surface area contributed by atoms with E-state index >= 15 is 8.78 Å². The van der Waals surface area contributed by atoms with Gasteiger partial charge in [0.2, 0.25) is 5.60 Å². The predicted octanol–water partition coefficient (Wildman–Crippen LogP) is 4.50. The summed E-state index contributed by atoms with van der Waals surface area (Å²) < 4.78 is 35.1. The number of methoxy groups -OCH3 is 1. The number of likely N-dealkylation sites (N-methyl/N-ethyl adjacent to an activating group) is 1. The van der Waals surface area contributed by atoms with E-state index in [1.165, 1.54) is 42.2 Å². The molecule has 39 heavy (non-hydrogen) atoms. The van der Waals surface area contributed by atoms with Gasteiger partial charge in [-0.05, 0) is 61.3 Å². The van der Waals surface area contributed by atoms with Crippen LogP contribution in [0.25, 0.3) is 0 Å². The number of hydrogen-bond acceptors (Lipinski definition) is 5. The Hall–Kier alpha value is -2.91. The maximum absolute atomic E-state index is 15.0. The molecule has 2 aromatic rings. The van der Waals surface area contributed by atoms with E-state index < -0.39 is 23.0 Å². The number of aliphatic hydroxyl groups is 1.